The summed E-state index contributed by atoms with van der Waals surface area (Å²) < 4.78 is 13.0. The van der Waals surface area contributed by atoms with Crippen LogP contribution in [-0.4, -0.2) is 72.3 Å². The quantitative estimate of drug-likeness (QED) is 0.773. The Morgan fingerprint density at radius 1 is 1.48 bits per heavy atom. The molecule has 1 aliphatic heterocycles. The summed E-state index contributed by atoms with van der Waals surface area (Å²) in [5.41, 5.74) is -0.804. The second-order valence-electron chi connectivity index (χ2n) is 5.66. The molecular weight excluding hydrogens is 300 g/mol. The number of rotatable bonds is 6. The molecule has 0 unspecified atom stereocenters. The predicted molar refractivity (Wildman–Crippen MR) is 82.7 cm³/mol. The maximum atomic E-state index is 12.5. The van der Waals surface area contributed by atoms with Crippen LogP contribution < -0.4 is 5.32 Å². The van der Waals surface area contributed by atoms with Crippen LogP contribution in [0.1, 0.15) is 12.8 Å². The molecule has 23 heavy (non-hydrogen) atoms. The maximum Gasteiger partial charge on any atom is 0.224 e. The molecule has 1 saturated heterocycles. The normalized spacial score (nSPS) is 21.7. The SMILES string of the molecule is CNC(=O)C[C@]1(OC)COCCN(C(=O)CCn2ccnc2)C1. The number of nitrogens with zero attached hydrogens (tertiary/aromatic N) is 3. The smallest absolute Gasteiger partial charge is 0.224 e. The first-order valence-electron chi connectivity index (χ1n) is 7.65. The molecule has 0 spiro atoms. The second kappa shape index (κ2) is 8.07. The fraction of sp³-hybridized carbons (Fsp3) is 0.667. The highest BCUT2D eigenvalue weighted by molar-refractivity contribution is 5.78. The van der Waals surface area contributed by atoms with Gasteiger partial charge in [0.15, 0.2) is 0 Å². The van der Waals surface area contributed by atoms with E-state index in [-0.39, 0.29) is 18.2 Å². The van der Waals surface area contributed by atoms with Crippen molar-refractivity contribution in [1.82, 2.24) is 19.8 Å². The Hall–Kier alpha value is -1.93. The largest absolute Gasteiger partial charge is 0.377 e. The summed E-state index contributed by atoms with van der Waals surface area (Å²) in [4.78, 5) is 29.9. The monoisotopic (exact) mass is 324 g/mol. The van der Waals surface area contributed by atoms with E-state index in [1.165, 1.54) is 0 Å². The summed E-state index contributed by atoms with van der Waals surface area (Å²) in [6.07, 6.45) is 5.72. The highest BCUT2D eigenvalue weighted by Gasteiger charge is 2.38. The minimum atomic E-state index is -0.804. The number of amides is 2. The Labute approximate surface area is 135 Å². The molecule has 1 N–H and O–H groups in total. The predicted octanol–water partition coefficient (Wildman–Crippen LogP) is -0.347. The number of ether oxygens (including phenoxy) is 2. The second-order valence-corrected chi connectivity index (χ2v) is 5.66. The summed E-state index contributed by atoms with van der Waals surface area (Å²) in [6.45, 7) is 2.16. The first-order valence-corrected chi connectivity index (χ1v) is 7.65. The molecule has 0 radical (unpaired) electrons. The molecule has 2 heterocycles. The Morgan fingerprint density at radius 2 is 2.30 bits per heavy atom. The van der Waals surface area contributed by atoms with Crippen molar-refractivity contribution in [1.29, 1.82) is 0 Å². The summed E-state index contributed by atoms with van der Waals surface area (Å²) in [5, 5.41) is 2.59. The number of hydrogen-bond donors (Lipinski definition) is 1. The summed E-state index contributed by atoms with van der Waals surface area (Å²) in [7, 11) is 3.13. The molecule has 0 bridgehead atoms. The first kappa shape index (κ1) is 17.4. The standard InChI is InChI=1S/C15H24N4O4/c1-16-13(20)9-15(22-2)10-19(7-8-23-11-15)14(21)3-5-18-6-4-17-12-18/h4,6,12H,3,5,7-11H2,1-2H3,(H,16,20)/t15-/m1/s1. The van der Waals surface area contributed by atoms with Crippen molar-refractivity contribution < 1.29 is 19.1 Å². The van der Waals surface area contributed by atoms with Gasteiger partial charge in [0.25, 0.3) is 0 Å². The van der Waals surface area contributed by atoms with E-state index in [0.717, 1.165) is 0 Å². The summed E-state index contributed by atoms with van der Waals surface area (Å²) in [5.74, 6) is -0.120. The van der Waals surface area contributed by atoms with Crippen molar-refractivity contribution in [2.75, 3.05) is 40.5 Å². The molecule has 8 nitrogen and oxygen atoms in total. The molecule has 2 rings (SSSR count). The zero-order valence-electron chi connectivity index (χ0n) is 13.7. The average molecular weight is 324 g/mol. The zero-order valence-corrected chi connectivity index (χ0v) is 13.7. The number of imidazole rings is 1. The number of carbonyl (C=O) groups excluding carboxylic acids is 2. The lowest BCUT2D eigenvalue weighted by Crippen LogP contribution is -2.50. The highest BCUT2D eigenvalue weighted by Crippen LogP contribution is 2.21. The third-order valence-corrected chi connectivity index (χ3v) is 4.04. The van der Waals surface area contributed by atoms with Gasteiger partial charge in [0.1, 0.15) is 5.60 Å². The van der Waals surface area contributed by atoms with Crippen molar-refractivity contribution in [2.45, 2.75) is 25.0 Å². The topological polar surface area (TPSA) is 85.7 Å². The average Bonchev–Trinajstić information content (AvgIpc) is 2.99. The van der Waals surface area contributed by atoms with E-state index in [9.17, 15) is 9.59 Å². The molecule has 1 aromatic heterocycles. The molecule has 0 saturated carbocycles. The van der Waals surface area contributed by atoms with E-state index in [4.69, 9.17) is 9.47 Å². The van der Waals surface area contributed by atoms with Gasteiger partial charge in [0.2, 0.25) is 11.8 Å². The molecule has 1 aromatic rings. The fourth-order valence-corrected chi connectivity index (χ4v) is 2.60. The summed E-state index contributed by atoms with van der Waals surface area (Å²) in [6, 6.07) is 0. The molecule has 1 atom stereocenters. The van der Waals surface area contributed by atoms with Crippen molar-refractivity contribution in [3.63, 3.8) is 0 Å². The number of carbonyl (C=O) groups is 2. The van der Waals surface area contributed by atoms with Crippen LogP contribution in [0.25, 0.3) is 0 Å². The van der Waals surface area contributed by atoms with Crippen molar-refractivity contribution in [2.24, 2.45) is 0 Å². The van der Waals surface area contributed by atoms with Crippen molar-refractivity contribution in [3.8, 4) is 0 Å². The van der Waals surface area contributed by atoms with Gasteiger partial charge < -0.3 is 24.3 Å². The number of hydrogen-bond acceptors (Lipinski definition) is 5. The van der Waals surface area contributed by atoms with Gasteiger partial charge in [-0.25, -0.2) is 4.98 Å². The van der Waals surface area contributed by atoms with Crippen LogP contribution in [-0.2, 0) is 25.6 Å². The van der Waals surface area contributed by atoms with E-state index < -0.39 is 5.60 Å². The number of nitrogens with one attached hydrogen (secondary N) is 1. The molecular formula is C15H24N4O4. The van der Waals surface area contributed by atoms with Crippen molar-refractivity contribution >= 4 is 11.8 Å². The Kier molecular flexibility index (Phi) is 6.12. The Morgan fingerprint density at radius 3 is 2.96 bits per heavy atom. The molecule has 128 valence electrons. The van der Waals surface area contributed by atoms with Gasteiger partial charge in [0, 0.05) is 46.1 Å². The molecule has 2 amide bonds. The van der Waals surface area contributed by atoms with Gasteiger partial charge in [-0.3, -0.25) is 9.59 Å². The van der Waals surface area contributed by atoms with Gasteiger partial charge in [-0.2, -0.15) is 0 Å². The van der Waals surface area contributed by atoms with Gasteiger partial charge in [-0.05, 0) is 0 Å². The van der Waals surface area contributed by atoms with Gasteiger partial charge in [0.05, 0.1) is 32.5 Å². The van der Waals surface area contributed by atoms with Crippen molar-refractivity contribution in [3.05, 3.63) is 18.7 Å². The number of aromatic nitrogens is 2. The Balaban J connectivity index is 1.99. The fourth-order valence-electron chi connectivity index (χ4n) is 2.60. The van der Waals surface area contributed by atoms with Crippen LogP contribution in [0.3, 0.4) is 0 Å². The van der Waals surface area contributed by atoms with Crippen LogP contribution in [0.4, 0.5) is 0 Å². The lowest BCUT2D eigenvalue weighted by molar-refractivity contribution is -0.140. The summed E-state index contributed by atoms with van der Waals surface area (Å²) >= 11 is 0. The lowest BCUT2D eigenvalue weighted by atomic mass is 9.99. The minimum Gasteiger partial charge on any atom is -0.377 e. The van der Waals surface area contributed by atoms with Crippen LogP contribution in [0, 0.1) is 0 Å². The van der Waals surface area contributed by atoms with E-state index in [0.29, 0.717) is 39.3 Å². The van der Waals surface area contributed by atoms with E-state index in [2.05, 4.69) is 10.3 Å². The minimum absolute atomic E-state index is 0.0162. The Bertz CT molecular complexity index is 520. The van der Waals surface area contributed by atoms with Crippen LogP contribution in [0.15, 0.2) is 18.7 Å². The molecule has 1 fully saturated rings. The molecule has 0 aliphatic carbocycles. The third-order valence-electron chi connectivity index (χ3n) is 4.04. The van der Waals surface area contributed by atoms with Gasteiger partial charge >= 0.3 is 0 Å². The third kappa shape index (κ3) is 4.77. The molecule has 1 aliphatic rings. The van der Waals surface area contributed by atoms with Gasteiger partial charge in [-0.1, -0.05) is 0 Å². The molecule has 0 aromatic carbocycles. The first-order chi connectivity index (χ1) is 11.1. The van der Waals surface area contributed by atoms with Crippen LogP contribution >= 0.6 is 0 Å². The number of methoxy groups -OCH3 is 1. The van der Waals surface area contributed by atoms with E-state index in [1.54, 1.807) is 31.6 Å². The maximum absolute atomic E-state index is 12.5. The van der Waals surface area contributed by atoms with Gasteiger partial charge in [-0.15, -0.1) is 0 Å². The molecule has 8 heteroatoms. The van der Waals surface area contributed by atoms with E-state index in [1.807, 2.05) is 10.8 Å². The number of aryl methyl sites for hydroxylation is 1. The van der Waals surface area contributed by atoms with Crippen LogP contribution in [0.5, 0.6) is 0 Å². The lowest BCUT2D eigenvalue weighted by Gasteiger charge is -2.33. The zero-order chi connectivity index (χ0) is 16.7. The van der Waals surface area contributed by atoms with Crippen LogP contribution in [0.2, 0.25) is 0 Å². The highest BCUT2D eigenvalue weighted by atomic mass is 16.5. The van der Waals surface area contributed by atoms with E-state index >= 15 is 0 Å².